The zero-order valence-electron chi connectivity index (χ0n) is 14.7. The molecule has 0 saturated heterocycles. The first-order valence-corrected chi connectivity index (χ1v) is 7.90. The van der Waals surface area contributed by atoms with Crippen molar-refractivity contribution in [2.45, 2.75) is 39.8 Å². The summed E-state index contributed by atoms with van der Waals surface area (Å²) in [5.41, 5.74) is 0.430. The lowest BCUT2D eigenvalue weighted by Gasteiger charge is -2.21. The number of esters is 1. The summed E-state index contributed by atoms with van der Waals surface area (Å²) in [6, 6.07) is 1.66. The van der Waals surface area contributed by atoms with E-state index in [1.807, 2.05) is 13.8 Å². The first kappa shape index (κ1) is 18.1. The molecule has 0 saturated carbocycles. The molecule has 1 amide bonds. The van der Waals surface area contributed by atoms with Crippen molar-refractivity contribution in [1.82, 2.24) is 10.3 Å². The van der Waals surface area contributed by atoms with E-state index in [1.165, 1.54) is 0 Å². The number of aromatic nitrogens is 1. The smallest absolute Gasteiger partial charge is 0.340 e. The number of methoxy groups -OCH3 is 1. The van der Waals surface area contributed by atoms with Crippen molar-refractivity contribution < 1.29 is 19.1 Å². The SMILES string of the molecule is CCOC(=O)c1cc(COC)cnc1C1=NC(C)(C(C)C)C(=O)N1. The highest BCUT2D eigenvalue weighted by atomic mass is 16.5. The van der Waals surface area contributed by atoms with Crippen LogP contribution < -0.4 is 5.32 Å². The van der Waals surface area contributed by atoms with Crippen LogP contribution in [0.5, 0.6) is 0 Å². The molecule has 1 unspecified atom stereocenters. The van der Waals surface area contributed by atoms with Crippen LogP contribution in [0, 0.1) is 5.92 Å². The van der Waals surface area contributed by atoms with E-state index >= 15 is 0 Å². The summed E-state index contributed by atoms with van der Waals surface area (Å²) in [7, 11) is 1.56. The van der Waals surface area contributed by atoms with Crippen molar-refractivity contribution in [2.24, 2.45) is 10.9 Å². The Morgan fingerprint density at radius 3 is 2.67 bits per heavy atom. The number of carbonyl (C=O) groups excluding carboxylic acids is 2. The highest BCUT2D eigenvalue weighted by molar-refractivity contribution is 6.17. The van der Waals surface area contributed by atoms with E-state index in [0.29, 0.717) is 18.1 Å². The van der Waals surface area contributed by atoms with Gasteiger partial charge in [0.1, 0.15) is 11.2 Å². The van der Waals surface area contributed by atoms with Gasteiger partial charge in [0.25, 0.3) is 5.91 Å². The van der Waals surface area contributed by atoms with Crippen molar-refractivity contribution >= 4 is 17.7 Å². The van der Waals surface area contributed by atoms with E-state index < -0.39 is 11.5 Å². The van der Waals surface area contributed by atoms with Gasteiger partial charge in [0.2, 0.25) is 0 Å². The molecule has 1 atom stereocenters. The highest BCUT2D eigenvalue weighted by Crippen LogP contribution is 2.27. The van der Waals surface area contributed by atoms with E-state index in [1.54, 1.807) is 33.2 Å². The minimum Gasteiger partial charge on any atom is -0.462 e. The van der Waals surface area contributed by atoms with Crippen molar-refractivity contribution in [1.29, 1.82) is 0 Å². The number of nitrogens with one attached hydrogen (secondary N) is 1. The fraction of sp³-hybridized carbons (Fsp3) is 0.529. The molecule has 0 spiro atoms. The second kappa shape index (κ2) is 7.09. The second-order valence-corrected chi connectivity index (χ2v) is 6.11. The number of amidine groups is 1. The number of aliphatic imine (C=N–C) groups is 1. The molecule has 0 aromatic carbocycles. The zero-order chi connectivity index (χ0) is 17.9. The average molecular weight is 333 g/mol. The van der Waals surface area contributed by atoms with Gasteiger partial charge in [-0.05, 0) is 31.4 Å². The summed E-state index contributed by atoms with van der Waals surface area (Å²) in [6.07, 6.45) is 1.60. The maximum absolute atomic E-state index is 12.3. The van der Waals surface area contributed by atoms with Crippen LogP contribution >= 0.6 is 0 Å². The highest BCUT2D eigenvalue weighted by Gasteiger charge is 2.43. The van der Waals surface area contributed by atoms with Crippen LogP contribution in [0.15, 0.2) is 17.3 Å². The normalized spacial score (nSPS) is 20.1. The fourth-order valence-electron chi connectivity index (χ4n) is 2.36. The van der Waals surface area contributed by atoms with Gasteiger partial charge < -0.3 is 14.8 Å². The first-order chi connectivity index (χ1) is 11.3. The van der Waals surface area contributed by atoms with Gasteiger partial charge in [0, 0.05) is 13.3 Å². The number of pyridine rings is 1. The van der Waals surface area contributed by atoms with Crippen molar-refractivity contribution in [3.8, 4) is 0 Å². The molecule has 0 fully saturated rings. The molecule has 7 heteroatoms. The molecule has 0 radical (unpaired) electrons. The topological polar surface area (TPSA) is 89.9 Å². The third-order valence-corrected chi connectivity index (χ3v) is 4.13. The van der Waals surface area contributed by atoms with E-state index in [4.69, 9.17) is 9.47 Å². The van der Waals surface area contributed by atoms with Crippen LogP contribution in [-0.4, -0.2) is 42.0 Å². The Labute approximate surface area is 141 Å². The van der Waals surface area contributed by atoms with Gasteiger partial charge in [0.15, 0.2) is 5.84 Å². The predicted octanol–water partition coefficient (Wildman–Crippen LogP) is 1.70. The van der Waals surface area contributed by atoms with Crippen LogP contribution in [0.25, 0.3) is 0 Å². The van der Waals surface area contributed by atoms with Crippen LogP contribution in [0.2, 0.25) is 0 Å². The number of nitrogens with zero attached hydrogens (tertiary/aromatic N) is 2. The molecular weight excluding hydrogens is 310 g/mol. The maximum Gasteiger partial charge on any atom is 0.340 e. The third-order valence-electron chi connectivity index (χ3n) is 4.13. The Hall–Kier alpha value is -2.28. The Balaban J connectivity index is 2.50. The van der Waals surface area contributed by atoms with E-state index in [-0.39, 0.29) is 24.0 Å². The van der Waals surface area contributed by atoms with Gasteiger partial charge in [-0.2, -0.15) is 0 Å². The van der Waals surface area contributed by atoms with Crippen LogP contribution in [0.3, 0.4) is 0 Å². The van der Waals surface area contributed by atoms with Gasteiger partial charge in [-0.3, -0.25) is 9.78 Å². The maximum atomic E-state index is 12.3. The molecule has 1 N–H and O–H groups in total. The van der Waals surface area contributed by atoms with E-state index in [9.17, 15) is 9.59 Å². The van der Waals surface area contributed by atoms with E-state index in [2.05, 4.69) is 15.3 Å². The first-order valence-electron chi connectivity index (χ1n) is 7.90. The monoisotopic (exact) mass is 333 g/mol. The minimum absolute atomic E-state index is 0.00816. The summed E-state index contributed by atoms with van der Waals surface area (Å²) < 4.78 is 10.2. The Kier molecular flexibility index (Phi) is 5.33. The molecule has 1 aliphatic heterocycles. The van der Waals surface area contributed by atoms with Gasteiger partial charge in [-0.15, -0.1) is 0 Å². The van der Waals surface area contributed by atoms with Crippen LogP contribution in [-0.2, 0) is 20.9 Å². The summed E-state index contributed by atoms with van der Waals surface area (Å²) >= 11 is 0. The molecular formula is C17H23N3O4. The van der Waals surface area contributed by atoms with Gasteiger partial charge in [-0.25, -0.2) is 9.79 Å². The standard InChI is InChI=1S/C17H23N3O4/c1-6-24-15(21)12-7-11(9-23-5)8-18-13(12)14-19-16(22)17(4,20-14)10(2)3/h7-8,10H,6,9H2,1-5H3,(H,19,20,22). The molecule has 1 aromatic heterocycles. The number of carbonyl (C=O) groups is 2. The summed E-state index contributed by atoms with van der Waals surface area (Å²) in [4.78, 5) is 33.4. The zero-order valence-corrected chi connectivity index (χ0v) is 14.7. The van der Waals surface area contributed by atoms with Crippen molar-refractivity contribution in [2.75, 3.05) is 13.7 Å². The number of hydrogen-bond donors (Lipinski definition) is 1. The lowest BCUT2D eigenvalue weighted by atomic mass is 9.89. The summed E-state index contributed by atoms with van der Waals surface area (Å²) in [6.45, 7) is 7.91. The molecule has 2 rings (SSSR count). The van der Waals surface area contributed by atoms with Gasteiger partial charge >= 0.3 is 5.97 Å². The van der Waals surface area contributed by atoms with Crippen LogP contribution in [0.1, 0.15) is 49.3 Å². The summed E-state index contributed by atoms with van der Waals surface area (Å²) in [5.74, 6) is -0.407. The number of rotatable bonds is 6. The molecule has 130 valence electrons. The van der Waals surface area contributed by atoms with Crippen molar-refractivity contribution in [3.05, 3.63) is 29.1 Å². The number of hydrogen-bond acceptors (Lipinski definition) is 6. The largest absolute Gasteiger partial charge is 0.462 e. The third kappa shape index (κ3) is 3.31. The Bertz CT molecular complexity index is 684. The van der Waals surface area contributed by atoms with E-state index in [0.717, 1.165) is 5.56 Å². The molecule has 1 aromatic rings. The fourth-order valence-corrected chi connectivity index (χ4v) is 2.36. The van der Waals surface area contributed by atoms with Crippen LogP contribution in [0.4, 0.5) is 0 Å². The minimum atomic E-state index is -0.881. The molecule has 0 bridgehead atoms. The van der Waals surface area contributed by atoms with Crippen molar-refractivity contribution in [3.63, 3.8) is 0 Å². The molecule has 7 nitrogen and oxygen atoms in total. The average Bonchev–Trinajstić information content (AvgIpc) is 2.84. The molecule has 1 aliphatic rings. The lowest BCUT2D eigenvalue weighted by molar-refractivity contribution is -0.124. The molecule has 24 heavy (non-hydrogen) atoms. The Morgan fingerprint density at radius 1 is 1.42 bits per heavy atom. The molecule has 0 aliphatic carbocycles. The lowest BCUT2D eigenvalue weighted by Crippen LogP contribution is -2.41. The number of amides is 1. The quantitative estimate of drug-likeness (QED) is 0.800. The second-order valence-electron chi connectivity index (χ2n) is 6.11. The summed E-state index contributed by atoms with van der Waals surface area (Å²) in [5, 5.41) is 2.74. The van der Waals surface area contributed by atoms with Gasteiger partial charge in [-0.1, -0.05) is 13.8 Å². The predicted molar refractivity (Wildman–Crippen MR) is 88.8 cm³/mol. The molecule has 2 heterocycles. The number of ether oxygens (including phenoxy) is 2. The Morgan fingerprint density at radius 2 is 2.12 bits per heavy atom. The van der Waals surface area contributed by atoms with Gasteiger partial charge in [0.05, 0.1) is 18.8 Å².